The highest BCUT2D eigenvalue weighted by Crippen LogP contribution is 2.19. The van der Waals surface area contributed by atoms with Gasteiger partial charge in [0.15, 0.2) is 6.10 Å². The molecule has 0 aliphatic rings. The van der Waals surface area contributed by atoms with Crippen molar-refractivity contribution in [2.24, 2.45) is 0 Å². The van der Waals surface area contributed by atoms with Crippen molar-refractivity contribution in [1.82, 2.24) is 15.0 Å². The zero-order valence-corrected chi connectivity index (χ0v) is 14.4. The van der Waals surface area contributed by atoms with Gasteiger partial charge in [-0.1, -0.05) is 16.8 Å². The molecular weight excluding hydrogens is 334 g/mol. The van der Waals surface area contributed by atoms with Crippen molar-refractivity contribution in [3.8, 4) is 11.4 Å². The van der Waals surface area contributed by atoms with Gasteiger partial charge in [0.05, 0.1) is 6.42 Å². The average molecular weight is 352 g/mol. The molecule has 0 bridgehead atoms. The first kappa shape index (κ1) is 17.9. The van der Waals surface area contributed by atoms with Gasteiger partial charge < -0.3 is 14.2 Å². The van der Waals surface area contributed by atoms with E-state index in [9.17, 15) is 9.59 Å². The summed E-state index contributed by atoms with van der Waals surface area (Å²) >= 11 is 5.83. The van der Waals surface area contributed by atoms with Gasteiger partial charge in [0.1, 0.15) is 0 Å². The summed E-state index contributed by atoms with van der Waals surface area (Å²) < 4.78 is 10.2. The summed E-state index contributed by atoms with van der Waals surface area (Å²) in [7, 11) is 3.20. The number of esters is 1. The van der Waals surface area contributed by atoms with E-state index >= 15 is 0 Å². The lowest BCUT2D eigenvalue weighted by Gasteiger charge is -2.16. The van der Waals surface area contributed by atoms with Gasteiger partial charge in [0, 0.05) is 31.1 Å². The Balaban J connectivity index is 1.88. The lowest BCUT2D eigenvalue weighted by atomic mass is 10.2. The molecule has 0 spiro atoms. The second kappa shape index (κ2) is 7.92. The van der Waals surface area contributed by atoms with E-state index in [0.717, 1.165) is 5.56 Å². The maximum atomic E-state index is 11.8. The van der Waals surface area contributed by atoms with E-state index in [1.165, 1.54) is 11.8 Å². The highest BCUT2D eigenvalue weighted by atomic mass is 35.5. The number of hydrogen-bond donors (Lipinski definition) is 0. The first-order chi connectivity index (χ1) is 11.4. The zero-order valence-electron chi connectivity index (χ0n) is 13.7. The SMILES string of the molecule is CC(OC(=O)CCc1nc(-c2ccc(Cl)cc2)no1)C(=O)N(C)C. The Morgan fingerprint density at radius 3 is 2.58 bits per heavy atom. The van der Waals surface area contributed by atoms with Crippen LogP contribution in [0.3, 0.4) is 0 Å². The van der Waals surface area contributed by atoms with Crippen LogP contribution in [0.5, 0.6) is 0 Å². The second-order valence-corrected chi connectivity index (χ2v) is 5.82. The Bertz CT molecular complexity index is 712. The molecule has 1 aromatic carbocycles. The third-order valence-electron chi connectivity index (χ3n) is 3.21. The molecule has 2 rings (SSSR count). The largest absolute Gasteiger partial charge is 0.453 e. The van der Waals surface area contributed by atoms with E-state index in [4.69, 9.17) is 20.9 Å². The van der Waals surface area contributed by atoms with Crippen LogP contribution >= 0.6 is 11.6 Å². The third kappa shape index (κ3) is 4.79. The summed E-state index contributed by atoms with van der Waals surface area (Å²) in [4.78, 5) is 29.0. The molecule has 0 saturated carbocycles. The fraction of sp³-hybridized carbons (Fsp3) is 0.375. The van der Waals surface area contributed by atoms with Gasteiger partial charge in [-0.05, 0) is 31.2 Å². The number of ether oxygens (including phenoxy) is 1. The monoisotopic (exact) mass is 351 g/mol. The minimum absolute atomic E-state index is 0.0489. The number of nitrogens with zero attached hydrogens (tertiary/aromatic N) is 3. The van der Waals surface area contributed by atoms with Crippen molar-refractivity contribution in [2.45, 2.75) is 25.9 Å². The maximum Gasteiger partial charge on any atom is 0.307 e. The lowest BCUT2D eigenvalue weighted by Crippen LogP contribution is -2.34. The van der Waals surface area contributed by atoms with Crippen LogP contribution in [0.2, 0.25) is 5.02 Å². The van der Waals surface area contributed by atoms with Gasteiger partial charge >= 0.3 is 5.97 Å². The van der Waals surface area contributed by atoms with Crippen LogP contribution in [0.15, 0.2) is 28.8 Å². The number of aromatic nitrogens is 2. The summed E-state index contributed by atoms with van der Waals surface area (Å²) in [5.41, 5.74) is 0.766. The van der Waals surface area contributed by atoms with Crippen LogP contribution in [0.25, 0.3) is 11.4 Å². The zero-order chi connectivity index (χ0) is 17.7. The Kier molecular flexibility index (Phi) is 5.92. The molecular formula is C16H18ClN3O4. The molecule has 0 aliphatic carbocycles. The third-order valence-corrected chi connectivity index (χ3v) is 3.46. The predicted molar refractivity (Wildman–Crippen MR) is 87.3 cm³/mol. The second-order valence-electron chi connectivity index (χ2n) is 5.38. The average Bonchev–Trinajstić information content (AvgIpc) is 3.01. The number of hydrogen-bond acceptors (Lipinski definition) is 6. The fourth-order valence-corrected chi connectivity index (χ4v) is 2.08. The molecule has 2 aromatic rings. The van der Waals surface area contributed by atoms with E-state index in [2.05, 4.69) is 10.1 Å². The maximum absolute atomic E-state index is 11.8. The van der Waals surface area contributed by atoms with Gasteiger partial charge in [-0.15, -0.1) is 0 Å². The fourth-order valence-electron chi connectivity index (χ4n) is 1.95. The predicted octanol–water partition coefficient (Wildman–Crippen LogP) is 2.34. The summed E-state index contributed by atoms with van der Waals surface area (Å²) in [6, 6.07) is 7.01. The molecule has 1 aromatic heterocycles. The van der Waals surface area contributed by atoms with Crippen molar-refractivity contribution in [2.75, 3.05) is 14.1 Å². The molecule has 7 nitrogen and oxygen atoms in total. The van der Waals surface area contributed by atoms with Crippen molar-refractivity contribution in [1.29, 1.82) is 0 Å². The Morgan fingerprint density at radius 2 is 1.96 bits per heavy atom. The Morgan fingerprint density at radius 1 is 1.29 bits per heavy atom. The van der Waals surface area contributed by atoms with Gasteiger partial charge in [0.25, 0.3) is 5.91 Å². The number of likely N-dealkylation sites (N-methyl/N-ethyl adjacent to an activating group) is 1. The van der Waals surface area contributed by atoms with Gasteiger partial charge in [-0.25, -0.2) is 0 Å². The minimum atomic E-state index is -0.820. The molecule has 0 radical (unpaired) electrons. The van der Waals surface area contributed by atoms with E-state index < -0.39 is 12.1 Å². The molecule has 0 fully saturated rings. The number of aryl methyl sites for hydroxylation is 1. The quantitative estimate of drug-likeness (QED) is 0.742. The summed E-state index contributed by atoms with van der Waals surface area (Å²) in [5, 5.41) is 4.48. The molecule has 1 unspecified atom stereocenters. The number of amides is 1. The highest BCUT2D eigenvalue weighted by molar-refractivity contribution is 6.30. The molecule has 8 heteroatoms. The Hall–Kier alpha value is -2.41. The number of rotatable bonds is 6. The van der Waals surface area contributed by atoms with E-state index in [1.807, 2.05) is 0 Å². The van der Waals surface area contributed by atoms with Crippen molar-refractivity contribution < 1.29 is 18.8 Å². The van der Waals surface area contributed by atoms with E-state index in [-0.39, 0.29) is 18.7 Å². The normalized spacial score (nSPS) is 11.8. The van der Waals surface area contributed by atoms with Crippen molar-refractivity contribution >= 4 is 23.5 Å². The van der Waals surface area contributed by atoms with Crippen LogP contribution in [0.4, 0.5) is 0 Å². The van der Waals surface area contributed by atoms with Crippen LogP contribution in [0, 0.1) is 0 Å². The molecule has 0 N–H and O–H groups in total. The first-order valence-corrected chi connectivity index (χ1v) is 7.74. The van der Waals surface area contributed by atoms with E-state index in [0.29, 0.717) is 16.7 Å². The molecule has 24 heavy (non-hydrogen) atoms. The van der Waals surface area contributed by atoms with Crippen LogP contribution < -0.4 is 0 Å². The highest BCUT2D eigenvalue weighted by Gasteiger charge is 2.20. The summed E-state index contributed by atoms with van der Waals surface area (Å²) in [5.74, 6) is -0.0233. The smallest absolute Gasteiger partial charge is 0.307 e. The molecule has 1 heterocycles. The molecule has 0 aliphatic heterocycles. The van der Waals surface area contributed by atoms with Crippen molar-refractivity contribution in [3.63, 3.8) is 0 Å². The molecule has 128 valence electrons. The topological polar surface area (TPSA) is 85.5 Å². The van der Waals surface area contributed by atoms with E-state index in [1.54, 1.807) is 38.4 Å². The first-order valence-electron chi connectivity index (χ1n) is 7.36. The Labute approximate surface area is 144 Å². The number of carbonyl (C=O) groups excluding carboxylic acids is 2. The van der Waals surface area contributed by atoms with Gasteiger partial charge in [0.2, 0.25) is 11.7 Å². The molecule has 1 amide bonds. The molecule has 1 atom stereocenters. The van der Waals surface area contributed by atoms with Gasteiger partial charge in [-0.3, -0.25) is 9.59 Å². The van der Waals surface area contributed by atoms with Crippen LogP contribution in [0.1, 0.15) is 19.2 Å². The molecule has 0 saturated heterocycles. The van der Waals surface area contributed by atoms with Crippen LogP contribution in [-0.4, -0.2) is 47.1 Å². The van der Waals surface area contributed by atoms with Crippen molar-refractivity contribution in [3.05, 3.63) is 35.2 Å². The lowest BCUT2D eigenvalue weighted by molar-refractivity contribution is -0.158. The number of carbonyl (C=O) groups is 2. The number of halogens is 1. The standard InChI is InChI=1S/C16H18ClN3O4/c1-10(16(22)20(2)3)23-14(21)9-8-13-18-15(19-24-13)11-4-6-12(17)7-5-11/h4-7,10H,8-9H2,1-3H3. The van der Waals surface area contributed by atoms with Gasteiger partial charge in [-0.2, -0.15) is 4.98 Å². The number of benzene rings is 1. The van der Waals surface area contributed by atoms with Crippen LogP contribution in [-0.2, 0) is 20.7 Å². The summed E-state index contributed by atoms with van der Waals surface area (Å²) in [6.45, 7) is 1.53. The summed E-state index contributed by atoms with van der Waals surface area (Å²) in [6.07, 6.45) is -0.532. The minimum Gasteiger partial charge on any atom is -0.453 e.